The third kappa shape index (κ3) is 9.30. The molecule has 1 unspecified atom stereocenters. The molecular weight excluding hydrogens is 556 g/mol. The van der Waals surface area contributed by atoms with Gasteiger partial charge >= 0.3 is 0 Å². The molecule has 1 atom stereocenters. The van der Waals surface area contributed by atoms with Crippen LogP contribution in [0.4, 0.5) is 0 Å². The Morgan fingerprint density at radius 3 is 2.42 bits per heavy atom. The predicted octanol–water partition coefficient (Wildman–Crippen LogP) is 7.14. The molecule has 190 valence electrons. The van der Waals surface area contributed by atoms with Crippen molar-refractivity contribution in [1.82, 2.24) is 10.2 Å². The Hall–Kier alpha value is -2.28. The van der Waals surface area contributed by atoms with E-state index in [0.717, 1.165) is 39.1 Å². The minimum absolute atomic E-state index is 0.0146. The maximum absolute atomic E-state index is 13.6. The smallest absolute Gasteiger partial charge is 0.243 e. The first-order valence-corrected chi connectivity index (χ1v) is 14.4. The van der Waals surface area contributed by atoms with Gasteiger partial charge in [-0.25, -0.2) is 0 Å². The van der Waals surface area contributed by atoms with E-state index in [4.69, 9.17) is 11.6 Å². The average molecular weight is 588 g/mol. The fourth-order valence-corrected chi connectivity index (χ4v) is 5.27. The second-order valence-electron chi connectivity index (χ2n) is 8.55. The van der Waals surface area contributed by atoms with Crippen LogP contribution in [0.1, 0.15) is 37.3 Å². The lowest BCUT2D eigenvalue weighted by Crippen LogP contribution is -2.50. The van der Waals surface area contributed by atoms with Crippen LogP contribution in [0.15, 0.2) is 88.2 Å². The topological polar surface area (TPSA) is 49.4 Å². The van der Waals surface area contributed by atoms with Crippen LogP contribution < -0.4 is 5.32 Å². The first-order valence-electron chi connectivity index (χ1n) is 12.2. The molecule has 0 saturated carbocycles. The largest absolute Gasteiger partial charge is 0.354 e. The third-order valence-electron chi connectivity index (χ3n) is 5.68. The molecule has 1 N–H and O–H groups in total. The molecule has 7 heteroatoms. The summed E-state index contributed by atoms with van der Waals surface area (Å²) in [5.41, 5.74) is 2.01. The number of thioether (sulfide) groups is 1. The number of hydrogen-bond acceptors (Lipinski definition) is 3. The fourth-order valence-electron chi connectivity index (χ4n) is 3.84. The van der Waals surface area contributed by atoms with Gasteiger partial charge in [-0.05, 0) is 66.1 Å². The standard InChI is InChI=1S/C29H32BrClN2O2S/c1-2-17-32-29(35)27(20-22-8-4-3-5-9-22)33(21-23-10-6-11-24(30)19-23)28(34)12-7-18-36-26-15-13-25(31)14-16-26/h3-6,8-11,13-16,19,27H,2,7,12,17-18,20-21H2,1H3,(H,32,35). The predicted molar refractivity (Wildman–Crippen MR) is 153 cm³/mol. The van der Waals surface area contributed by atoms with Crippen LogP contribution in [-0.4, -0.2) is 35.1 Å². The number of nitrogens with zero attached hydrogens (tertiary/aromatic N) is 1. The van der Waals surface area contributed by atoms with Gasteiger partial charge in [0.25, 0.3) is 0 Å². The summed E-state index contributed by atoms with van der Waals surface area (Å²) in [5.74, 6) is 0.683. The summed E-state index contributed by atoms with van der Waals surface area (Å²) in [6, 6.07) is 24.9. The van der Waals surface area contributed by atoms with Gasteiger partial charge in [0, 0.05) is 40.3 Å². The zero-order valence-electron chi connectivity index (χ0n) is 20.5. The molecule has 0 aromatic heterocycles. The maximum atomic E-state index is 13.6. The number of hydrogen-bond donors (Lipinski definition) is 1. The van der Waals surface area contributed by atoms with E-state index in [2.05, 4.69) is 21.2 Å². The highest BCUT2D eigenvalue weighted by molar-refractivity contribution is 9.10. The Labute approximate surface area is 231 Å². The molecule has 3 rings (SSSR count). The van der Waals surface area contributed by atoms with Gasteiger partial charge in [0.15, 0.2) is 0 Å². The summed E-state index contributed by atoms with van der Waals surface area (Å²) >= 11 is 11.2. The van der Waals surface area contributed by atoms with E-state index in [9.17, 15) is 9.59 Å². The lowest BCUT2D eigenvalue weighted by Gasteiger charge is -2.31. The quantitative estimate of drug-likeness (QED) is 0.171. The number of halogens is 2. The van der Waals surface area contributed by atoms with Gasteiger partial charge in [0.05, 0.1) is 0 Å². The molecule has 0 spiro atoms. The summed E-state index contributed by atoms with van der Waals surface area (Å²) in [6.07, 6.45) is 2.40. The van der Waals surface area contributed by atoms with E-state index < -0.39 is 6.04 Å². The lowest BCUT2D eigenvalue weighted by molar-refractivity contribution is -0.141. The molecule has 36 heavy (non-hydrogen) atoms. The Balaban J connectivity index is 1.77. The van der Waals surface area contributed by atoms with Crippen molar-refractivity contribution in [2.45, 2.75) is 50.1 Å². The first-order chi connectivity index (χ1) is 17.5. The van der Waals surface area contributed by atoms with E-state index >= 15 is 0 Å². The molecule has 3 aromatic rings. The van der Waals surface area contributed by atoms with Crippen molar-refractivity contribution < 1.29 is 9.59 Å². The normalized spacial score (nSPS) is 11.6. The van der Waals surface area contributed by atoms with Crippen LogP contribution in [0.3, 0.4) is 0 Å². The molecule has 0 aliphatic rings. The van der Waals surface area contributed by atoms with Gasteiger partial charge in [-0.1, -0.05) is 76.9 Å². The van der Waals surface area contributed by atoms with E-state index in [1.807, 2.05) is 85.8 Å². The van der Waals surface area contributed by atoms with Crippen molar-refractivity contribution in [2.75, 3.05) is 12.3 Å². The van der Waals surface area contributed by atoms with Crippen molar-refractivity contribution in [1.29, 1.82) is 0 Å². The number of benzene rings is 3. The number of carbonyl (C=O) groups excluding carboxylic acids is 2. The molecule has 0 heterocycles. The molecule has 0 saturated heterocycles. The van der Waals surface area contributed by atoms with E-state index in [0.29, 0.717) is 31.0 Å². The first kappa shape index (κ1) is 28.3. The summed E-state index contributed by atoms with van der Waals surface area (Å²) < 4.78 is 0.946. The van der Waals surface area contributed by atoms with Gasteiger partial charge < -0.3 is 10.2 Å². The SMILES string of the molecule is CCCNC(=O)C(Cc1ccccc1)N(Cc1cccc(Br)c1)C(=O)CCCSc1ccc(Cl)cc1. The van der Waals surface area contributed by atoms with Crippen LogP contribution in [0.25, 0.3) is 0 Å². The third-order valence-corrected chi connectivity index (χ3v) is 7.52. The van der Waals surface area contributed by atoms with E-state index in [1.54, 1.807) is 16.7 Å². The summed E-state index contributed by atoms with van der Waals surface area (Å²) in [4.78, 5) is 29.8. The highest BCUT2D eigenvalue weighted by atomic mass is 79.9. The van der Waals surface area contributed by atoms with Crippen molar-refractivity contribution in [3.05, 3.63) is 99.5 Å². The Kier molecular flexibility index (Phi) is 11.9. The van der Waals surface area contributed by atoms with Crippen LogP contribution in [-0.2, 0) is 22.6 Å². The van der Waals surface area contributed by atoms with Crippen molar-refractivity contribution in [3.8, 4) is 0 Å². The number of nitrogens with one attached hydrogen (secondary N) is 1. The number of amides is 2. The molecule has 0 fully saturated rings. The van der Waals surface area contributed by atoms with E-state index in [1.165, 1.54) is 0 Å². The van der Waals surface area contributed by atoms with Crippen LogP contribution in [0.5, 0.6) is 0 Å². The molecule has 0 aliphatic carbocycles. The summed E-state index contributed by atoms with van der Waals surface area (Å²) in [7, 11) is 0. The average Bonchev–Trinajstić information content (AvgIpc) is 2.88. The highest BCUT2D eigenvalue weighted by Gasteiger charge is 2.30. The highest BCUT2D eigenvalue weighted by Crippen LogP contribution is 2.23. The summed E-state index contributed by atoms with van der Waals surface area (Å²) in [6.45, 7) is 2.98. The van der Waals surface area contributed by atoms with Crippen molar-refractivity contribution >= 4 is 51.1 Å². The van der Waals surface area contributed by atoms with E-state index in [-0.39, 0.29) is 11.8 Å². The Bertz CT molecular complexity index is 1110. The van der Waals surface area contributed by atoms with Gasteiger partial charge in [0.1, 0.15) is 6.04 Å². The monoisotopic (exact) mass is 586 g/mol. The lowest BCUT2D eigenvalue weighted by atomic mass is 10.0. The number of carbonyl (C=O) groups is 2. The van der Waals surface area contributed by atoms with Gasteiger partial charge in [-0.15, -0.1) is 11.8 Å². The minimum Gasteiger partial charge on any atom is -0.354 e. The van der Waals surface area contributed by atoms with Crippen molar-refractivity contribution in [2.24, 2.45) is 0 Å². The zero-order valence-corrected chi connectivity index (χ0v) is 23.6. The minimum atomic E-state index is -0.589. The second kappa shape index (κ2) is 15.1. The Morgan fingerprint density at radius 1 is 1.00 bits per heavy atom. The molecule has 4 nitrogen and oxygen atoms in total. The van der Waals surface area contributed by atoms with Crippen LogP contribution in [0.2, 0.25) is 5.02 Å². The molecule has 2 amide bonds. The van der Waals surface area contributed by atoms with Gasteiger partial charge in [0.2, 0.25) is 11.8 Å². The molecule has 0 aliphatic heterocycles. The fraction of sp³-hybridized carbons (Fsp3) is 0.310. The molecule has 0 radical (unpaired) electrons. The van der Waals surface area contributed by atoms with Crippen molar-refractivity contribution in [3.63, 3.8) is 0 Å². The molecule has 3 aromatic carbocycles. The Morgan fingerprint density at radius 2 is 1.72 bits per heavy atom. The van der Waals surface area contributed by atoms with Crippen LogP contribution in [0, 0.1) is 0 Å². The van der Waals surface area contributed by atoms with Crippen LogP contribution >= 0.6 is 39.3 Å². The molecule has 0 bridgehead atoms. The zero-order chi connectivity index (χ0) is 25.8. The summed E-state index contributed by atoms with van der Waals surface area (Å²) in [5, 5.41) is 3.73. The van der Waals surface area contributed by atoms with Gasteiger partial charge in [-0.3, -0.25) is 9.59 Å². The van der Waals surface area contributed by atoms with Gasteiger partial charge in [-0.2, -0.15) is 0 Å². The number of rotatable bonds is 13. The maximum Gasteiger partial charge on any atom is 0.243 e. The molecular formula is C29H32BrClN2O2S. The second-order valence-corrected chi connectivity index (χ2v) is 11.1.